The summed E-state index contributed by atoms with van der Waals surface area (Å²) in [5, 5.41) is 5.19. The zero-order valence-electron chi connectivity index (χ0n) is 15.2. The van der Waals surface area contributed by atoms with Gasteiger partial charge in [-0.3, -0.25) is 14.4 Å². The molecule has 0 radical (unpaired) electrons. The lowest BCUT2D eigenvalue weighted by molar-refractivity contribution is -0.125. The van der Waals surface area contributed by atoms with E-state index in [1.807, 2.05) is 13.8 Å². The highest BCUT2D eigenvalue weighted by atomic mass is 16.5. The summed E-state index contributed by atoms with van der Waals surface area (Å²) in [7, 11) is 0. The van der Waals surface area contributed by atoms with Crippen molar-refractivity contribution in [3.63, 3.8) is 0 Å². The van der Waals surface area contributed by atoms with Crippen LogP contribution in [0, 0.1) is 5.92 Å². The molecule has 0 saturated carbocycles. The Labute approximate surface area is 153 Å². The molecule has 1 atom stereocenters. The summed E-state index contributed by atoms with van der Waals surface area (Å²) in [5.41, 5.74) is 6.56. The molecule has 1 saturated heterocycles. The molecule has 0 spiro atoms. The molecule has 0 aromatic heterocycles. The fraction of sp³-hybridized carbons (Fsp3) is 0.500. The van der Waals surface area contributed by atoms with Crippen molar-refractivity contribution >= 4 is 23.4 Å². The van der Waals surface area contributed by atoms with E-state index in [4.69, 9.17) is 10.5 Å². The van der Waals surface area contributed by atoms with Crippen LogP contribution in [0.15, 0.2) is 24.3 Å². The SMILES string of the molecule is CC(C)[C@H](N)C(=O)NCC(=O)Nc1ccccc1C(=O)N1CCOCC1. The number of rotatable bonds is 6. The van der Waals surface area contributed by atoms with Crippen molar-refractivity contribution in [2.45, 2.75) is 19.9 Å². The van der Waals surface area contributed by atoms with Gasteiger partial charge in [-0.05, 0) is 18.1 Å². The van der Waals surface area contributed by atoms with E-state index in [0.29, 0.717) is 37.6 Å². The molecule has 142 valence electrons. The number of benzene rings is 1. The Kier molecular flexibility index (Phi) is 7.11. The first-order valence-corrected chi connectivity index (χ1v) is 8.69. The molecule has 0 aliphatic carbocycles. The van der Waals surface area contributed by atoms with Gasteiger partial charge in [0.2, 0.25) is 11.8 Å². The van der Waals surface area contributed by atoms with Crippen LogP contribution >= 0.6 is 0 Å². The highest BCUT2D eigenvalue weighted by Gasteiger charge is 2.22. The summed E-state index contributed by atoms with van der Waals surface area (Å²) in [6.45, 7) is 5.49. The minimum atomic E-state index is -0.669. The fourth-order valence-corrected chi connectivity index (χ4v) is 2.50. The molecule has 1 aromatic carbocycles. The van der Waals surface area contributed by atoms with Gasteiger partial charge in [-0.2, -0.15) is 0 Å². The van der Waals surface area contributed by atoms with Crippen molar-refractivity contribution in [3.8, 4) is 0 Å². The van der Waals surface area contributed by atoms with Crippen LogP contribution in [0.2, 0.25) is 0 Å². The second-order valence-electron chi connectivity index (χ2n) is 6.49. The maximum Gasteiger partial charge on any atom is 0.256 e. The number of hydrogen-bond donors (Lipinski definition) is 3. The first-order valence-electron chi connectivity index (χ1n) is 8.69. The number of para-hydroxylation sites is 1. The number of anilines is 1. The summed E-state index contributed by atoms with van der Waals surface area (Å²) < 4.78 is 5.26. The third-order valence-electron chi connectivity index (χ3n) is 4.17. The Bertz CT molecular complexity index is 656. The first-order chi connectivity index (χ1) is 12.4. The lowest BCUT2D eigenvalue weighted by atomic mass is 10.1. The molecule has 4 N–H and O–H groups in total. The lowest BCUT2D eigenvalue weighted by Crippen LogP contribution is -2.46. The van der Waals surface area contributed by atoms with E-state index in [1.165, 1.54) is 0 Å². The summed E-state index contributed by atoms with van der Waals surface area (Å²) in [6.07, 6.45) is 0. The molecule has 0 unspecified atom stereocenters. The number of hydrogen-bond acceptors (Lipinski definition) is 5. The van der Waals surface area contributed by atoms with Crippen molar-refractivity contribution in [1.29, 1.82) is 0 Å². The zero-order valence-corrected chi connectivity index (χ0v) is 15.2. The van der Waals surface area contributed by atoms with Crippen molar-refractivity contribution < 1.29 is 19.1 Å². The van der Waals surface area contributed by atoms with Crippen molar-refractivity contribution in [2.75, 3.05) is 38.2 Å². The first kappa shape index (κ1) is 19.9. The topological polar surface area (TPSA) is 114 Å². The second kappa shape index (κ2) is 9.30. The van der Waals surface area contributed by atoms with Gasteiger partial charge < -0.3 is 26.0 Å². The monoisotopic (exact) mass is 362 g/mol. The molecule has 0 bridgehead atoms. The van der Waals surface area contributed by atoms with Crippen molar-refractivity contribution in [3.05, 3.63) is 29.8 Å². The maximum absolute atomic E-state index is 12.7. The minimum absolute atomic E-state index is 0.0232. The number of ether oxygens (including phenoxy) is 1. The van der Waals surface area contributed by atoms with Crippen LogP contribution in [-0.4, -0.2) is 61.5 Å². The van der Waals surface area contributed by atoms with Crippen LogP contribution in [0.25, 0.3) is 0 Å². The molecule has 8 nitrogen and oxygen atoms in total. The standard InChI is InChI=1S/C18H26N4O4/c1-12(2)16(19)17(24)20-11-15(23)21-14-6-4-3-5-13(14)18(25)22-7-9-26-10-8-22/h3-6,12,16H,7-11,19H2,1-2H3,(H,20,24)(H,21,23)/t16-/m0/s1. The van der Waals surface area contributed by atoms with E-state index >= 15 is 0 Å². The molecule has 1 aliphatic heterocycles. The van der Waals surface area contributed by atoms with Crippen molar-refractivity contribution in [1.82, 2.24) is 10.2 Å². The van der Waals surface area contributed by atoms with E-state index in [0.717, 1.165) is 0 Å². The van der Waals surface area contributed by atoms with Gasteiger partial charge in [0.25, 0.3) is 5.91 Å². The number of carbonyl (C=O) groups is 3. The average molecular weight is 362 g/mol. The van der Waals surface area contributed by atoms with Crippen LogP contribution in [0.5, 0.6) is 0 Å². The van der Waals surface area contributed by atoms with Crippen LogP contribution < -0.4 is 16.4 Å². The Hall–Kier alpha value is -2.45. The van der Waals surface area contributed by atoms with Crippen LogP contribution in [0.4, 0.5) is 5.69 Å². The van der Waals surface area contributed by atoms with E-state index < -0.39 is 11.9 Å². The smallest absolute Gasteiger partial charge is 0.256 e. The maximum atomic E-state index is 12.7. The van der Waals surface area contributed by atoms with Gasteiger partial charge in [-0.25, -0.2) is 0 Å². The summed E-state index contributed by atoms with van der Waals surface area (Å²) in [5.74, 6) is -0.982. The van der Waals surface area contributed by atoms with Gasteiger partial charge in [0.15, 0.2) is 0 Å². The van der Waals surface area contributed by atoms with E-state index in [9.17, 15) is 14.4 Å². The Morgan fingerprint density at radius 3 is 2.50 bits per heavy atom. The number of morpholine rings is 1. The lowest BCUT2D eigenvalue weighted by Gasteiger charge is -2.27. The Morgan fingerprint density at radius 2 is 1.85 bits per heavy atom. The van der Waals surface area contributed by atoms with E-state index in [2.05, 4.69) is 10.6 Å². The number of nitrogens with zero attached hydrogens (tertiary/aromatic N) is 1. The Morgan fingerprint density at radius 1 is 1.19 bits per heavy atom. The van der Waals surface area contributed by atoms with Gasteiger partial charge >= 0.3 is 0 Å². The molecular weight excluding hydrogens is 336 g/mol. The predicted molar refractivity (Wildman–Crippen MR) is 97.6 cm³/mol. The van der Waals surface area contributed by atoms with Gasteiger partial charge in [0.1, 0.15) is 0 Å². The number of nitrogens with two attached hydrogens (primary N) is 1. The molecular formula is C18H26N4O4. The van der Waals surface area contributed by atoms with Gasteiger partial charge in [0.05, 0.1) is 37.1 Å². The van der Waals surface area contributed by atoms with Gasteiger partial charge in [-0.1, -0.05) is 26.0 Å². The molecule has 8 heteroatoms. The number of amides is 3. The highest BCUT2D eigenvalue weighted by molar-refractivity contribution is 6.04. The third-order valence-corrected chi connectivity index (χ3v) is 4.17. The Balaban J connectivity index is 1.97. The summed E-state index contributed by atoms with van der Waals surface area (Å²) in [4.78, 5) is 38.3. The summed E-state index contributed by atoms with van der Waals surface area (Å²) >= 11 is 0. The fourth-order valence-electron chi connectivity index (χ4n) is 2.50. The normalized spacial score (nSPS) is 15.5. The molecule has 26 heavy (non-hydrogen) atoms. The molecule has 1 aliphatic rings. The van der Waals surface area contributed by atoms with Gasteiger partial charge in [-0.15, -0.1) is 0 Å². The minimum Gasteiger partial charge on any atom is -0.378 e. The molecule has 3 amide bonds. The second-order valence-corrected chi connectivity index (χ2v) is 6.49. The van der Waals surface area contributed by atoms with Gasteiger partial charge in [0, 0.05) is 13.1 Å². The largest absolute Gasteiger partial charge is 0.378 e. The number of nitrogens with one attached hydrogen (secondary N) is 2. The van der Waals surface area contributed by atoms with Crippen LogP contribution in [0.3, 0.4) is 0 Å². The quantitative estimate of drug-likeness (QED) is 0.669. The van der Waals surface area contributed by atoms with Crippen LogP contribution in [0.1, 0.15) is 24.2 Å². The van der Waals surface area contributed by atoms with E-state index in [-0.39, 0.29) is 24.3 Å². The predicted octanol–water partition coefficient (Wildman–Crippen LogP) is 0.197. The molecule has 1 fully saturated rings. The molecule has 1 aromatic rings. The van der Waals surface area contributed by atoms with E-state index in [1.54, 1.807) is 29.2 Å². The third kappa shape index (κ3) is 5.27. The molecule has 1 heterocycles. The zero-order chi connectivity index (χ0) is 19.1. The van der Waals surface area contributed by atoms with Crippen LogP contribution in [-0.2, 0) is 14.3 Å². The average Bonchev–Trinajstić information content (AvgIpc) is 2.66. The number of carbonyl (C=O) groups excluding carboxylic acids is 3. The summed E-state index contributed by atoms with van der Waals surface area (Å²) in [6, 6.07) is 6.14. The molecule has 2 rings (SSSR count). The highest BCUT2D eigenvalue weighted by Crippen LogP contribution is 2.18. The van der Waals surface area contributed by atoms with Crippen molar-refractivity contribution in [2.24, 2.45) is 11.7 Å².